The molecule has 19 heavy (non-hydrogen) atoms. The van der Waals surface area contributed by atoms with Crippen LogP contribution in [-0.2, 0) is 0 Å². The van der Waals surface area contributed by atoms with Gasteiger partial charge in [0.05, 0.1) is 0 Å². The minimum atomic E-state index is 0.155. The predicted molar refractivity (Wildman–Crippen MR) is 81.5 cm³/mol. The summed E-state index contributed by atoms with van der Waals surface area (Å²) in [6.07, 6.45) is 14.1. The number of ether oxygens (including phenoxy) is 1. The molecule has 1 aliphatic rings. The van der Waals surface area contributed by atoms with Gasteiger partial charge in [-0.3, -0.25) is 0 Å². The molecular weight excluding hydrogens is 232 g/mol. The summed E-state index contributed by atoms with van der Waals surface area (Å²) in [4.78, 5) is 0. The van der Waals surface area contributed by atoms with Gasteiger partial charge in [0.15, 0.2) is 0 Å². The van der Waals surface area contributed by atoms with Gasteiger partial charge in [0.1, 0.15) is 11.9 Å². The number of aryl methyl sites for hydroxylation is 1. The van der Waals surface area contributed by atoms with Crippen molar-refractivity contribution in [3.63, 3.8) is 0 Å². The molecule has 1 aliphatic carbocycles. The number of allylic oxidation sites excluding steroid dienone is 4. The van der Waals surface area contributed by atoms with Gasteiger partial charge in [0, 0.05) is 0 Å². The van der Waals surface area contributed by atoms with Crippen LogP contribution in [0.15, 0.2) is 60.2 Å². The first kappa shape index (κ1) is 13.7. The highest BCUT2D eigenvalue weighted by molar-refractivity contribution is 5.35. The molecule has 1 aromatic rings. The Labute approximate surface area is 116 Å². The van der Waals surface area contributed by atoms with Gasteiger partial charge in [-0.25, -0.2) is 0 Å². The van der Waals surface area contributed by atoms with Crippen molar-refractivity contribution in [3.05, 3.63) is 65.8 Å². The Morgan fingerprint density at radius 2 is 2.05 bits per heavy atom. The van der Waals surface area contributed by atoms with Crippen molar-refractivity contribution in [1.29, 1.82) is 0 Å². The normalized spacial score (nSPS) is 15.8. The summed E-state index contributed by atoms with van der Waals surface area (Å²) in [7, 11) is 0. The highest BCUT2D eigenvalue weighted by Gasteiger charge is 2.14. The molecule has 0 saturated heterocycles. The Morgan fingerprint density at radius 1 is 1.21 bits per heavy atom. The van der Waals surface area contributed by atoms with Crippen LogP contribution in [-0.4, -0.2) is 6.10 Å². The average Bonchev–Trinajstić information content (AvgIpc) is 2.69. The highest BCUT2D eigenvalue weighted by Crippen LogP contribution is 2.24. The van der Waals surface area contributed by atoms with Crippen molar-refractivity contribution in [3.8, 4) is 5.75 Å². The lowest BCUT2D eigenvalue weighted by atomic mass is 10.0. The first-order valence-corrected chi connectivity index (χ1v) is 7.07. The fraction of sp³-hybridized carbons (Fsp3) is 0.333. The fourth-order valence-electron chi connectivity index (χ4n) is 2.23. The molecule has 0 bridgehead atoms. The molecule has 1 atom stereocenters. The first-order valence-electron chi connectivity index (χ1n) is 7.07. The van der Waals surface area contributed by atoms with E-state index < -0.39 is 0 Å². The molecule has 0 spiro atoms. The smallest absolute Gasteiger partial charge is 0.123 e. The van der Waals surface area contributed by atoms with Crippen LogP contribution < -0.4 is 4.74 Å². The number of hydrogen-bond acceptors (Lipinski definition) is 1. The van der Waals surface area contributed by atoms with Gasteiger partial charge in [0.25, 0.3) is 0 Å². The highest BCUT2D eigenvalue weighted by atomic mass is 16.5. The summed E-state index contributed by atoms with van der Waals surface area (Å²) >= 11 is 0. The molecule has 0 aliphatic heterocycles. The Kier molecular flexibility index (Phi) is 5.02. The maximum absolute atomic E-state index is 6.23. The largest absolute Gasteiger partial charge is 0.485 e. The molecule has 2 rings (SSSR count). The molecule has 0 radical (unpaired) electrons. The average molecular weight is 254 g/mol. The van der Waals surface area contributed by atoms with Gasteiger partial charge in [-0.1, -0.05) is 61.9 Å². The minimum absolute atomic E-state index is 0.155. The van der Waals surface area contributed by atoms with Gasteiger partial charge >= 0.3 is 0 Å². The van der Waals surface area contributed by atoms with E-state index in [1.807, 2.05) is 12.1 Å². The minimum Gasteiger partial charge on any atom is -0.485 e. The van der Waals surface area contributed by atoms with Gasteiger partial charge in [0.2, 0.25) is 0 Å². The maximum Gasteiger partial charge on any atom is 0.123 e. The second-order valence-corrected chi connectivity index (χ2v) is 4.89. The van der Waals surface area contributed by atoms with E-state index in [-0.39, 0.29) is 6.10 Å². The number of rotatable bonds is 5. The van der Waals surface area contributed by atoms with E-state index >= 15 is 0 Å². The van der Waals surface area contributed by atoms with Crippen molar-refractivity contribution >= 4 is 0 Å². The van der Waals surface area contributed by atoms with E-state index in [1.54, 1.807) is 0 Å². The molecule has 1 heteroatoms. The summed E-state index contributed by atoms with van der Waals surface area (Å²) in [6.45, 7) is 4.30. The zero-order chi connectivity index (χ0) is 13.5. The van der Waals surface area contributed by atoms with E-state index in [0.29, 0.717) is 0 Å². The van der Waals surface area contributed by atoms with Crippen LogP contribution in [0.25, 0.3) is 0 Å². The molecule has 0 fully saturated rings. The van der Waals surface area contributed by atoms with Crippen LogP contribution in [0.3, 0.4) is 0 Å². The van der Waals surface area contributed by atoms with Gasteiger partial charge in [-0.05, 0) is 37.0 Å². The van der Waals surface area contributed by atoms with E-state index in [0.717, 1.165) is 25.0 Å². The van der Waals surface area contributed by atoms with Crippen LogP contribution in [0.5, 0.6) is 5.75 Å². The maximum atomic E-state index is 6.23. The molecule has 1 nitrogen and oxygen atoms in total. The summed E-state index contributed by atoms with van der Waals surface area (Å²) < 4.78 is 6.23. The Balaban J connectivity index is 2.16. The third-order valence-electron chi connectivity index (χ3n) is 3.31. The first-order chi connectivity index (χ1) is 9.31. The molecule has 0 N–H and O–H groups in total. The van der Waals surface area contributed by atoms with Crippen molar-refractivity contribution in [2.75, 3.05) is 0 Å². The van der Waals surface area contributed by atoms with Gasteiger partial charge in [-0.2, -0.15) is 0 Å². The Bertz CT molecular complexity index is 494. The second kappa shape index (κ2) is 6.98. The molecule has 0 aromatic heterocycles. The van der Waals surface area contributed by atoms with Crippen LogP contribution in [0.4, 0.5) is 0 Å². The Morgan fingerprint density at radius 3 is 2.84 bits per heavy atom. The van der Waals surface area contributed by atoms with Crippen molar-refractivity contribution in [1.82, 2.24) is 0 Å². The topological polar surface area (TPSA) is 9.23 Å². The molecule has 100 valence electrons. The van der Waals surface area contributed by atoms with Crippen molar-refractivity contribution in [2.45, 2.75) is 39.2 Å². The zero-order valence-corrected chi connectivity index (χ0v) is 11.8. The zero-order valence-electron chi connectivity index (χ0n) is 11.8. The SMILES string of the molecule is CCC[C@@H](Oc1ccccc1C)C1=CCC=CC=C1. The van der Waals surface area contributed by atoms with Gasteiger partial charge < -0.3 is 4.74 Å². The number of benzene rings is 1. The lowest BCUT2D eigenvalue weighted by molar-refractivity contribution is 0.227. The van der Waals surface area contributed by atoms with E-state index in [2.05, 4.69) is 56.4 Å². The Hall–Kier alpha value is -1.76. The molecule has 1 aromatic carbocycles. The number of para-hydroxylation sites is 1. The standard InChI is InChI=1S/C18H22O/c1-3-10-18(16-12-6-4-5-7-13-16)19-17-14-9-8-11-15(17)2/h4-6,8-9,11-14,18H,3,7,10H2,1-2H3/t18-/m1/s1. The van der Waals surface area contributed by atoms with E-state index in [9.17, 15) is 0 Å². The summed E-state index contributed by atoms with van der Waals surface area (Å²) in [5.74, 6) is 0.993. The van der Waals surface area contributed by atoms with Gasteiger partial charge in [-0.15, -0.1) is 0 Å². The summed E-state index contributed by atoms with van der Waals surface area (Å²) in [5.41, 5.74) is 2.48. The van der Waals surface area contributed by atoms with E-state index in [1.165, 1.54) is 11.1 Å². The molecule has 0 unspecified atom stereocenters. The van der Waals surface area contributed by atoms with Crippen LogP contribution in [0.1, 0.15) is 31.7 Å². The van der Waals surface area contributed by atoms with Crippen LogP contribution in [0.2, 0.25) is 0 Å². The third kappa shape index (κ3) is 3.85. The third-order valence-corrected chi connectivity index (χ3v) is 3.31. The lowest BCUT2D eigenvalue weighted by Crippen LogP contribution is -2.18. The van der Waals surface area contributed by atoms with Crippen molar-refractivity contribution < 1.29 is 4.74 Å². The van der Waals surface area contributed by atoms with E-state index in [4.69, 9.17) is 4.74 Å². The summed E-state index contributed by atoms with van der Waals surface area (Å²) in [5, 5.41) is 0. The van der Waals surface area contributed by atoms with Crippen LogP contribution >= 0.6 is 0 Å². The summed E-state index contributed by atoms with van der Waals surface area (Å²) in [6, 6.07) is 8.23. The van der Waals surface area contributed by atoms with Crippen LogP contribution in [0, 0.1) is 6.92 Å². The molecule has 0 heterocycles. The molecule has 0 saturated carbocycles. The lowest BCUT2D eigenvalue weighted by Gasteiger charge is -2.21. The monoisotopic (exact) mass is 254 g/mol. The fourth-order valence-corrected chi connectivity index (χ4v) is 2.23. The second-order valence-electron chi connectivity index (χ2n) is 4.89. The number of hydrogen-bond donors (Lipinski definition) is 0. The predicted octanol–water partition coefficient (Wildman–Crippen LogP) is 4.99. The quantitative estimate of drug-likeness (QED) is 0.719. The van der Waals surface area contributed by atoms with Crippen molar-refractivity contribution in [2.24, 2.45) is 0 Å². The molecule has 0 amide bonds. The molecular formula is C18H22O.